The molecule has 0 aliphatic carbocycles. The molecule has 0 aromatic heterocycles. The maximum atomic E-state index is 12.1. The summed E-state index contributed by atoms with van der Waals surface area (Å²) in [5, 5.41) is 3.16. The molecule has 0 atom stereocenters. The van der Waals surface area contributed by atoms with Crippen LogP contribution in [-0.4, -0.2) is 37.4 Å². The molecule has 1 aromatic carbocycles. The van der Waals surface area contributed by atoms with E-state index < -0.39 is 6.36 Å². The standard InChI is InChI=1S/C12H15F3N2O.ClH/c1-17(10-6-16-7-10)8-9-3-2-4-11(5-9)18-12(13,14)15;/h2-5,10,16H,6-8H2,1H3;1H. The van der Waals surface area contributed by atoms with E-state index in [1.165, 1.54) is 12.1 Å². The van der Waals surface area contributed by atoms with Gasteiger partial charge in [0.1, 0.15) is 5.75 Å². The van der Waals surface area contributed by atoms with Gasteiger partial charge in [-0.1, -0.05) is 12.1 Å². The van der Waals surface area contributed by atoms with Gasteiger partial charge in [-0.15, -0.1) is 25.6 Å². The summed E-state index contributed by atoms with van der Waals surface area (Å²) in [6.07, 6.45) is -4.64. The van der Waals surface area contributed by atoms with E-state index in [0.29, 0.717) is 12.6 Å². The van der Waals surface area contributed by atoms with Gasteiger partial charge in [0.15, 0.2) is 0 Å². The third-order valence-electron chi connectivity index (χ3n) is 2.95. The second kappa shape index (κ2) is 6.45. The first-order valence-corrected chi connectivity index (χ1v) is 5.70. The van der Waals surface area contributed by atoms with Crippen LogP contribution in [0.1, 0.15) is 5.56 Å². The number of alkyl halides is 3. The normalized spacial score (nSPS) is 15.8. The van der Waals surface area contributed by atoms with Gasteiger partial charge in [-0.2, -0.15) is 0 Å². The second-order valence-corrected chi connectivity index (χ2v) is 4.42. The summed E-state index contributed by atoms with van der Waals surface area (Å²) in [5.74, 6) is -0.167. The smallest absolute Gasteiger partial charge is 0.406 e. The maximum Gasteiger partial charge on any atom is 0.573 e. The van der Waals surface area contributed by atoms with Gasteiger partial charge in [-0.05, 0) is 24.7 Å². The highest BCUT2D eigenvalue weighted by atomic mass is 35.5. The van der Waals surface area contributed by atoms with Gasteiger partial charge >= 0.3 is 6.36 Å². The van der Waals surface area contributed by atoms with Crippen molar-refractivity contribution in [1.82, 2.24) is 10.2 Å². The SMILES string of the molecule is CN(Cc1cccc(OC(F)(F)F)c1)C1CNC1.Cl. The molecule has 7 heteroatoms. The van der Waals surface area contributed by atoms with Crippen LogP contribution in [0.15, 0.2) is 24.3 Å². The Labute approximate surface area is 116 Å². The van der Waals surface area contributed by atoms with E-state index in [9.17, 15) is 13.2 Å². The van der Waals surface area contributed by atoms with Crippen LogP contribution in [-0.2, 0) is 6.54 Å². The van der Waals surface area contributed by atoms with Crippen LogP contribution in [0.25, 0.3) is 0 Å². The molecule has 0 unspecified atom stereocenters. The largest absolute Gasteiger partial charge is 0.573 e. The van der Waals surface area contributed by atoms with Gasteiger partial charge < -0.3 is 10.1 Å². The van der Waals surface area contributed by atoms with Crippen LogP contribution in [0.2, 0.25) is 0 Å². The Morgan fingerprint density at radius 2 is 2.05 bits per heavy atom. The lowest BCUT2D eigenvalue weighted by Crippen LogP contribution is -2.55. The first kappa shape index (κ1) is 16.1. The van der Waals surface area contributed by atoms with Crippen molar-refractivity contribution in [2.45, 2.75) is 18.9 Å². The molecule has 1 fully saturated rings. The zero-order valence-corrected chi connectivity index (χ0v) is 11.2. The number of benzene rings is 1. The monoisotopic (exact) mass is 296 g/mol. The summed E-state index contributed by atoms with van der Waals surface area (Å²) < 4.78 is 40.2. The average molecular weight is 297 g/mol. The van der Waals surface area contributed by atoms with Gasteiger partial charge in [0.2, 0.25) is 0 Å². The third-order valence-corrected chi connectivity index (χ3v) is 2.95. The first-order valence-electron chi connectivity index (χ1n) is 5.70. The Morgan fingerprint density at radius 3 is 2.58 bits per heavy atom. The van der Waals surface area contributed by atoms with E-state index in [1.807, 2.05) is 7.05 Å². The lowest BCUT2D eigenvalue weighted by molar-refractivity contribution is -0.274. The Morgan fingerprint density at radius 1 is 1.37 bits per heavy atom. The zero-order chi connectivity index (χ0) is 13.2. The van der Waals surface area contributed by atoms with Gasteiger partial charge in [0, 0.05) is 25.7 Å². The molecule has 0 spiro atoms. The fraction of sp³-hybridized carbons (Fsp3) is 0.500. The minimum atomic E-state index is -4.64. The van der Waals surface area contributed by atoms with Crippen molar-refractivity contribution in [2.75, 3.05) is 20.1 Å². The molecule has 1 heterocycles. The molecular weight excluding hydrogens is 281 g/mol. The minimum Gasteiger partial charge on any atom is -0.406 e. The predicted molar refractivity (Wildman–Crippen MR) is 68.5 cm³/mol. The summed E-state index contributed by atoms with van der Waals surface area (Å²) >= 11 is 0. The molecule has 0 amide bonds. The predicted octanol–water partition coefficient (Wildman–Crippen LogP) is 2.41. The molecule has 1 aromatic rings. The first-order chi connectivity index (χ1) is 8.44. The maximum absolute atomic E-state index is 12.1. The van der Waals surface area contributed by atoms with Crippen molar-refractivity contribution >= 4 is 12.4 Å². The van der Waals surface area contributed by atoms with Crippen molar-refractivity contribution in [3.8, 4) is 5.75 Å². The zero-order valence-electron chi connectivity index (χ0n) is 10.4. The van der Waals surface area contributed by atoms with Gasteiger partial charge in [0.25, 0.3) is 0 Å². The number of halogens is 4. The van der Waals surface area contributed by atoms with E-state index in [-0.39, 0.29) is 18.2 Å². The van der Waals surface area contributed by atoms with Crippen LogP contribution in [0.4, 0.5) is 13.2 Å². The van der Waals surface area contributed by atoms with Gasteiger partial charge in [-0.25, -0.2) is 0 Å². The van der Waals surface area contributed by atoms with Crippen LogP contribution in [0, 0.1) is 0 Å². The third kappa shape index (κ3) is 4.89. The van der Waals surface area contributed by atoms with Crippen molar-refractivity contribution in [1.29, 1.82) is 0 Å². The summed E-state index contributed by atoms with van der Waals surface area (Å²) in [5.41, 5.74) is 0.811. The van der Waals surface area contributed by atoms with Crippen molar-refractivity contribution in [3.05, 3.63) is 29.8 Å². The lowest BCUT2D eigenvalue weighted by atomic mass is 10.1. The highest BCUT2D eigenvalue weighted by Crippen LogP contribution is 2.23. The number of hydrogen-bond acceptors (Lipinski definition) is 3. The van der Waals surface area contributed by atoms with E-state index >= 15 is 0 Å². The number of likely N-dealkylation sites (N-methyl/N-ethyl adjacent to an activating group) is 1. The molecule has 1 saturated heterocycles. The Kier molecular flexibility index (Phi) is 5.46. The topological polar surface area (TPSA) is 24.5 Å². The van der Waals surface area contributed by atoms with Gasteiger partial charge in [-0.3, -0.25) is 4.90 Å². The van der Waals surface area contributed by atoms with E-state index in [4.69, 9.17) is 0 Å². The summed E-state index contributed by atoms with van der Waals surface area (Å²) in [6.45, 7) is 2.46. The molecule has 1 aliphatic heterocycles. The minimum absolute atomic E-state index is 0. The molecule has 3 nitrogen and oxygen atoms in total. The van der Waals surface area contributed by atoms with E-state index in [1.54, 1.807) is 12.1 Å². The highest BCUT2D eigenvalue weighted by Gasteiger charge is 2.31. The van der Waals surface area contributed by atoms with Gasteiger partial charge in [0.05, 0.1) is 0 Å². The number of nitrogens with zero attached hydrogens (tertiary/aromatic N) is 1. The molecule has 19 heavy (non-hydrogen) atoms. The molecule has 0 bridgehead atoms. The molecule has 0 radical (unpaired) electrons. The fourth-order valence-corrected chi connectivity index (χ4v) is 1.84. The van der Waals surface area contributed by atoms with E-state index in [0.717, 1.165) is 18.7 Å². The molecule has 2 rings (SSSR count). The van der Waals surface area contributed by atoms with Crippen molar-refractivity contribution < 1.29 is 17.9 Å². The fourth-order valence-electron chi connectivity index (χ4n) is 1.84. The molecule has 1 N–H and O–H groups in total. The van der Waals surface area contributed by atoms with Crippen LogP contribution in [0.3, 0.4) is 0 Å². The number of ether oxygens (including phenoxy) is 1. The Balaban J connectivity index is 0.00000180. The quantitative estimate of drug-likeness (QED) is 0.923. The number of hydrogen-bond donors (Lipinski definition) is 1. The lowest BCUT2D eigenvalue weighted by Gasteiger charge is -2.35. The number of nitrogens with one attached hydrogen (secondary N) is 1. The second-order valence-electron chi connectivity index (χ2n) is 4.42. The van der Waals surface area contributed by atoms with Crippen molar-refractivity contribution in [3.63, 3.8) is 0 Å². The van der Waals surface area contributed by atoms with Crippen LogP contribution in [0.5, 0.6) is 5.75 Å². The summed E-state index contributed by atoms with van der Waals surface area (Å²) in [4.78, 5) is 2.11. The average Bonchev–Trinajstić information content (AvgIpc) is 2.11. The number of rotatable bonds is 4. The van der Waals surface area contributed by atoms with Crippen LogP contribution < -0.4 is 10.1 Å². The van der Waals surface area contributed by atoms with E-state index in [2.05, 4.69) is 15.0 Å². The van der Waals surface area contributed by atoms with Crippen LogP contribution >= 0.6 is 12.4 Å². The van der Waals surface area contributed by atoms with Crippen molar-refractivity contribution in [2.24, 2.45) is 0 Å². The molecule has 1 aliphatic rings. The summed E-state index contributed by atoms with van der Waals surface area (Å²) in [6, 6.07) is 6.56. The molecule has 0 saturated carbocycles. The Hall–Kier alpha value is -0.980. The molecule has 108 valence electrons. The Bertz CT molecular complexity index is 410. The molecular formula is C12H16ClF3N2O. The summed E-state index contributed by atoms with van der Waals surface area (Å²) in [7, 11) is 1.96. The highest BCUT2D eigenvalue weighted by molar-refractivity contribution is 5.85.